The molecule has 0 radical (unpaired) electrons. The summed E-state index contributed by atoms with van der Waals surface area (Å²) in [4.78, 5) is 81.0. The molecule has 5 amide bonds. The van der Waals surface area contributed by atoms with Crippen molar-refractivity contribution in [2.75, 3.05) is 36.4 Å². The number of imide groups is 2. The zero-order chi connectivity index (χ0) is 36.4. The van der Waals surface area contributed by atoms with Gasteiger partial charge in [-0.1, -0.05) is 30.3 Å². The summed E-state index contributed by atoms with van der Waals surface area (Å²) >= 11 is 0. The molecule has 7 rings (SSSR count). The number of hydrogen-bond donors (Lipinski definition) is 4. The Morgan fingerprint density at radius 1 is 0.923 bits per heavy atom. The summed E-state index contributed by atoms with van der Waals surface area (Å²) in [6, 6.07) is 19.4. The molecule has 4 aliphatic rings. The number of amides is 5. The molecule has 0 spiro atoms. The van der Waals surface area contributed by atoms with Crippen LogP contribution >= 0.6 is 0 Å². The standard InChI is InChI=1S/C39H40N6O7/c46-32-11-2-1-8-28(32)33(47)16-19-43-22-27-21-26(43)23-44(27)25-7-3-6-24(20-25)15-18-41-34(48)12-5-17-40-30-10-4-9-29-36(30)39(52)45(38(29)51)31-13-14-35(49)42-37(31)50/h1-4,6-11,16,19-20,26-27,31,40,46H,5,12-15,17-18,21-23H2,(H,41,48)(H,42,49,50)/b19-16+/t26-,27-,31?/m1/s1. The summed E-state index contributed by atoms with van der Waals surface area (Å²) in [5.74, 6) is -2.55. The smallest absolute Gasteiger partial charge is 0.264 e. The molecule has 0 saturated carbocycles. The molecule has 2 bridgehead atoms. The van der Waals surface area contributed by atoms with E-state index in [9.17, 15) is 33.9 Å². The predicted octanol–water partition coefficient (Wildman–Crippen LogP) is 3.00. The molecule has 0 aromatic heterocycles. The molecule has 13 heteroatoms. The Morgan fingerprint density at radius 3 is 2.54 bits per heavy atom. The third-order valence-corrected chi connectivity index (χ3v) is 10.2. The van der Waals surface area contributed by atoms with Crippen molar-refractivity contribution in [3.8, 4) is 5.75 Å². The van der Waals surface area contributed by atoms with E-state index in [4.69, 9.17) is 0 Å². The summed E-state index contributed by atoms with van der Waals surface area (Å²) in [6.07, 6.45) is 5.98. The number of hydrogen-bond acceptors (Lipinski definition) is 10. The van der Waals surface area contributed by atoms with Gasteiger partial charge in [0.05, 0.1) is 16.7 Å². The van der Waals surface area contributed by atoms with Crippen molar-refractivity contribution in [2.24, 2.45) is 0 Å². The average Bonchev–Trinajstić information content (AvgIpc) is 3.81. The Hall–Kier alpha value is -5.98. The number of nitrogens with one attached hydrogen (secondary N) is 3. The van der Waals surface area contributed by atoms with E-state index in [1.54, 1.807) is 36.4 Å². The number of piperazine rings is 1. The van der Waals surface area contributed by atoms with Crippen LogP contribution in [0.25, 0.3) is 0 Å². The fourth-order valence-electron chi connectivity index (χ4n) is 7.59. The summed E-state index contributed by atoms with van der Waals surface area (Å²) in [5.41, 5.74) is 3.41. The Kier molecular flexibility index (Phi) is 9.75. The molecular weight excluding hydrogens is 664 g/mol. The van der Waals surface area contributed by atoms with E-state index < -0.39 is 29.7 Å². The van der Waals surface area contributed by atoms with Crippen molar-refractivity contribution in [3.63, 3.8) is 0 Å². The minimum Gasteiger partial charge on any atom is -0.507 e. The number of para-hydroxylation sites is 1. The Morgan fingerprint density at radius 2 is 1.75 bits per heavy atom. The monoisotopic (exact) mass is 704 g/mol. The molecule has 4 aliphatic heterocycles. The molecule has 3 saturated heterocycles. The lowest BCUT2D eigenvalue weighted by molar-refractivity contribution is -0.136. The number of fused-ring (bicyclic) bond motifs is 3. The Bertz CT molecular complexity index is 1980. The van der Waals surface area contributed by atoms with Gasteiger partial charge < -0.3 is 25.5 Å². The van der Waals surface area contributed by atoms with E-state index in [2.05, 4.69) is 43.9 Å². The van der Waals surface area contributed by atoms with Gasteiger partial charge in [-0.25, -0.2) is 0 Å². The third kappa shape index (κ3) is 6.98. The summed E-state index contributed by atoms with van der Waals surface area (Å²) in [5, 5.41) is 18.3. The van der Waals surface area contributed by atoms with Crippen LogP contribution in [-0.4, -0.2) is 94.5 Å². The van der Waals surface area contributed by atoms with Crippen molar-refractivity contribution in [2.45, 2.75) is 56.7 Å². The molecule has 52 heavy (non-hydrogen) atoms. The van der Waals surface area contributed by atoms with E-state index in [-0.39, 0.29) is 47.8 Å². The highest BCUT2D eigenvalue weighted by Crippen LogP contribution is 2.36. The number of phenols is 1. The second kappa shape index (κ2) is 14.7. The van der Waals surface area contributed by atoms with Crippen LogP contribution in [0.2, 0.25) is 0 Å². The van der Waals surface area contributed by atoms with Crippen LogP contribution in [0, 0.1) is 0 Å². The van der Waals surface area contributed by atoms with Crippen molar-refractivity contribution in [1.29, 1.82) is 0 Å². The molecule has 3 atom stereocenters. The van der Waals surface area contributed by atoms with Crippen LogP contribution in [0.5, 0.6) is 5.75 Å². The predicted molar refractivity (Wildman–Crippen MR) is 192 cm³/mol. The fraction of sp³-hybridized carbons (Fsp3) is 0.333. The lowest BCUT2D eigenvalue weighted by atomic mass is 10.0. The molecule has 13 nitrogen and oxygen atoms in total. The fourth-order valence-corrected chi connectivity index (χ4v) is 7.59. The van der Waals surface area contributed by atoms with Crippen molar-refractivity contribution >= 4 is 46.7 Å². The number of piperidine rings is 1. The third-order valence-electron chi connectivity index (χ3n) is 10.2. The van der Waals surface area contributed by atoms with Crippen LogP contribution in [0.1, 0.15) is 68.7 Å². The van der Waals surface area contributed by atoms with Crippen molar-refractivity contribution in [1.82, 2.24) is 20.4 Å². The van der Waals surface area contributed by atoms with Crippen LogP contribution in [0.4, 0.5) is 11.4 Å². The lowest BCUT2D eigenvalue weighted by Crippen LogP contribution is -2.54. The highest BCUT2D eigenvalue weighted by Gasteiger charge is 2.46. The highest BCUT2D eigenvalue weighted by molar-refractivity contribution is 6.25. The number of phenolic OH excluding ortho intramolecular Hbond substituents is 1. The summed E-state index contributed by atoms with van der Waals surface area (Å²) in [7, 11) is 0. The number of rotatable bonds is 13. The van der Waals surface area contributed by atoms with Crippen LogP contribution in [-0.2, 0) is 20.8 Å². The number of allylic oxidation sites excluding steroid dienone is 1. The normalized spacial score (nSPS) is 20.8. The van der Waals surface area contributed by atoms with Crippen molar-refractivity contribution in [3.05, 3.63) is 101 Å². The van der Waals surface area contributed by atoms with E-state index in [1.807, 2.05) is 12.3 Å². The topological polar surface area (TPSA) is 168 Å². The van der Waals surface area contributed by atoms with Gasteiger partial charge in [-0.3, -0.25) is 39.0 Å². The molecular formula is C39H40N6O7. The number of nitrogens with zero attached hydrogens (tertiary/aromatic N) is 3. The van der Waals surface area contributed by atoms with Crippen LogP contribution in [0.15, 0.2) is 79.0 Å². The van der Waals surface area contributed by atoms with Gasteiger partial charge in [0.25, 0.3) is 11.8 Å². The molecule has 4 N–H and O–H groups in total. The second-order valence-electron chi connectivity index (χ2n) is 13.6. The summed E-state index contributed by atoms with van der Waals surface area (Å²) in [6.45, 7) is 2.54. The molecule has 3 aromatic carbocycles. The molecule has 3 aromatic rings. The lowest BCUT2D eigenvalue weighted by Gasteiger charge is -2.35. The van der Waals surface area contributed by atoms with Gasteiger partial charge in [-0.15, -0.1) is 0 Å². The molecule has 3 fully saturated rings. The van der Waals surface area contributed by atoms with Gasteiger partial charge in [0.15, 0.2) is 5.78 Å². The number of carbonyl (C=O) groups is 6. The van der Waals surface area contributed by atoms with Crippen LogP contribution in [0.3, 0.4) is 0 Å². The maximum absolute atomic E-state index is 13.3. The first-order chi connectivity index (χ1) is 25.2. The van der Waals surface area contributed by atoms with Gasteiger partial charge in [-0.2, -0.15) is 0 Å². The first-order valence-electron chi connectivity index (χ1n) is 17.6. The number of likely N-dealkylation sites (tertiary alicyclic amines) is 1. The van der Waals surface area contributed by atoms with Gasteiger partial charge in [-0.05, 0) is 67.6 Å². The molecule has 268 valence electrons. The largest absolute Gasteiger partial charge is 0.507 e. The van der Waals surface area contributed by atoms with E-state index in [0.29, 0.717) is 49.3 Å². The van der Waals surface area contributed by atoms with Gasteiger partial charge in [0.2, 0.25) is 17.7 Å². The van der Waals surface area contributed by atoms with E-state index >= 15 is 0 Å². The quantitative estimate of drug-likeness (QED) is 0.0899. The van der Waals surface area contributed by atoms with Gasteiger partial charge >= 0.3 is 0 Å². The minimum atomic E-state index is -1.03. The van der Waals surface area contributed by atoms with Gasteiger partial charge in [0, 0.05) is 74.8 Å². The highest BCUT2D eigenvalue weighted by atomic mass is 16.3. The number of carbonyl (C=O) groups excluding carboxylic acids is 6. The minimum absolute atomic E-state index is 0.0199. The average molecular weight is 705 g/mol. The number of benzene rings is 3. The number of anilines is 2. The van der Waals surface area contributed by atoms with E-state index in [1.165, 1.54) is 12.1 Å². The maximum Gasteiger partial charge on any atom is 0.264 e. The number of ketones is 1. The molecule has 1 unspecified atom stereocenters. The van der Waals surface area contributed by atoms with E-state index in [0.717, 1.165) is 35.7 Å². The zero-order valence-corrected chi connectivity index (χ0v) is 28.5. The summed E-state index contributed by atoms with van der Waals surface area (Å²) < 4.78 is 0. The second-order valence-corrected chi connectivity index (χ2v) is 13.6. The number of aromatic hydroxyl groups is 1. The maximum atomic E-state index is 13.3. The molecule has 4 heterocycles. The van der Waals surface area contributed by atoms with Crippen LogP contribution < -0.4 is 20.9 Å². The SMILES string of the molecule is O=C(CCCNc1cccc2c1C(=O)N(C1CCC(=O)NC1=O)C2=O)NCCc1cccc(N2C[C@H]3C[C@@H]2CN3/C=C/C(=O)c2ccccc2O)c1. The Balaban J connectivity index is 0.841. The van der Waals surface area contributed by atoms with Crippen molar-refractivity contribution < 1.29 is 33.9 Å². The zero-order valence-electron chi connectivity index (χ0n) is 28.5. The molecule has 0 aliphatic carbocycles. The first-order valence-corrected chi connectivity index (χ1v) is 17.6. The van der Waals surface area contributed by atoms with Gasteiger partial charge in [0.1, 0.15) is 11.8 Å². The Labute approximate surface area is 300 Å². The first kappa shape index (κ1) is 34.5.